The second kappa shape index (κ2) is 9.23. The van der Waals surface area contributed by atoms with Gasteiger partial charge in [0.05, 0.1) is 32.6 Å². The molecule has 27 heavy (non-hydrogen) atoms. The lowest BCUT2D eigenvalue weighted by atomic mass is 10.3. The molecule has 0 aliphatic rings. The third-order valence-corrected chi connectivity index (χ3v) is 3.65. The molecule has 0 aliphatic carbocycles. The van der Waals surface area contributed by atoms with Crippen LogP contribution in [0, 0.1) is 0 Å². The summed E-state index contributed by atoms with van der Waals surface area (Å²) in [5.74, 6) is 3.24. The van der Waals surface area contributed by atoms with Gasteiger partial charge in [0.1, 0.15) is 23.9 Å². The molecular weight excluding hydrogens is 346 g/mol. The van der Waals surface area contributed by atoms with Crippen molar-refractivity contribution in [3.8, 4) is 17.2 Å². The van der Waals surface area contributed by atoms with Crippen LogP contribution in [0.2, 0.25) is 0 Å². The zero-order chi connectivity index (χ0) is 18.9. The summed E-state index contributed by atoms with van der Waals surface area (Å²) in [5, 5.41) is 14.2. The van der Waals surface area contributed by atoms with Crippen molar-refractivity contribution in [1.82, 2.24) is 15.2 Å². The number of para-hydroxylation sites is 2. The minimum Gasteiger partial charge on any atom is -0.497 e. The Morgan fingerprint density at radius 3 is 2.48 bits per heavy atom. The Balaban J connectivity index is 1.51. The average molecular weight is 367 g/mol. The van der Waals surface area contributed by atoms with E-state index in [9.17, 15) is 0 Å². The number of anilines is 3. The number of hydrogen-bond donors (Lipinski definition) is 2. The van der Waals surface area contributed by atoms with Crippen molar-refractivity contribution in [2.75, 3.05) is 38.0 Å². The average Bonchev–Trinajstić information content (AvgIpc) is 2.72. The van der Waals surface area contributed by atoms with Crippen molar-refractivity contribution in [2.45, 2.75) is 0 Å². The van der Waals surface area contributed by atoms with Crippen LogP contribution < -0.4 is 24.8 Å². The van der Waals surface area contributed by atoms with Gasteiger partial charge in [0.25, 0.3) is 0 Å². The molecule has 0 saturated carbocycles. The summed E-state index contributed by atoms with van der Waals surface area (Å²) in [6.07, 6.45) is 1.56. The maximum absolute atomic E-state index is 5.67. The standard InChI is InChI=1S/C19H21N5O3/c1-25-14-7-9-15(10-8-14)27-12-11-20-18-13-21-24-19(23-18)22-16-5-3-4-6-17(16)26-2/h3-10,13H,11-12H2,1-2H3,(H2,20,22,23,24). The summed E-state index contributed by atoms with van der Waals surface area (Å²) in [4.78, 5) is 4.39. The Morgan fingerprint density at radius 1 is 0.926 bits per heavy atom. The minimum absolute atomic E-state index is 0.376. The van der Waals surface area contributed by atoms with Gasteiger partial charge in [-0.25, -0.2) is 0 Å². The fourth-order valence-corrected chi connectivity index (χ4v) is 2.33. The highest BCUT2D eigenvalue weighted by atomic mass is 16.5. The van der Waals surface area contributed by atoms with E-state index < -0.39 is 0 Å². The van der Waals surface area contributed by atoms with Crippen LogP contribution in [0.15, 0.2) is 54.7 Å². The van der Waals surface area contributed by atoms with E-state index in [1.807, 2.05) is 48.5 Å². The molecule has 0 unspecified atom stereocenters. The molecule has 8 nitrogen and oxygen atoms in total. The SMILES string of the molecule is COc1ccc(OCCNc2cnnc(Nc3ccccc3OC)n2)cc1. The van der Waals surface area contributed by atoms with Crippen LogP contribution >= 0.6 is 0 Å². The van der Waals surface area contributed by atoms with Gasteiger partial charge in [-0.1, -0.05) is 12.1 Å². The fourth-order valence-electron chi connectivity index (χ4n) is 2.33. The van der Waals surface area contributed by atoms with Crippen molar-refractivity contribution in [3.63, 3.8) is 0 Å². The number of aromatic nitrogens is 3. The van der Waals surface area contributed by atoms with E-state index in [1.54, 1.807) is 20.4 Å². The minimum atomic E-state index is 0.376. The molecule has 0 saturated heterocycles. The molecule has 140 valence electrons. The van der Waals surface area contributed by atoms with Crippen LogP contribution in [0.1, 0.15) is 0 Å². The Morgan fingerprint density at radius 2 is 1.70 bits per heavy atom. The lowest BCUT2D eigenvalue weighted by Crippen LogP contribution is -2.13. The summed E-state index contributed by atoms with van der Waals surface area (Å²) < 4.78 is 16.1. The Kier molecular flexibility index (Phi) is 6.24. The number of rotatable bonds is 9. The van der Waals surface area contributed by atoms with Crippen molar-refractivity contribution in [2.24, 2.45) is 0 Å². The Bertz CT molecular complexity index is 858. The quantitative estimate of drug-likeness (QED) is 0.558. The fraction of sp³-hybridized carbons (Fsp3) is 0.211. The Hall–Kier alpha value is -3.55. The second-order valence-corrected chi connectivity index (χ2v) is 5.44. The summed E-state index contributed by atoms with van der Waals surface area (Å²) in [5.41, 5.74) is 0.766. The highest BCUT2D eigenvalue weighted by Crippen LogP contribution is 2.25. The number of benzene rings is 2. The van der Waals surface area contributed by atoms with E-state index in [0.29, 0.717) is 30.7 Å². The van der Waals surface area contributed by atoms with Crippen molar-refractivity contribution in [3.05, 3.63) is 54.7 Å². The molecule has 3 aromatic rings. The summed E-state index contributed by atoms with van der Waals surface area (Å²) in [6.45, 7) is 1.05. The smallest absolute Gasteiger partial charge is 0.249 e. The van der Waals surface area contributed by atoms with E-state index >= 15 is 0 Å². The highest BCUT2D eigenvalue weighted by Gasteiger charge is 2.05. The van der Waals surface area contributed by atoms with Crippen LogP contribution in [-0.2, 0) is 0 Å². The maximum Gasteiger partial charge on any atom is 0.249 e. The van der Waals surface area contributed by atoms with Crippen LogP contribution in [0.25, 0.3) is 0 Å². The first-order valence-electron chi connectivity index (χ1n) is 8.39. The molecule has 3 rings (SSSR count). The van der Waals surface area contributed by atoms with E-state index in [0.717, 1.165) is 17.2 Å². The second-order valence-electron chi connectivity index (χ2n) is 5.44. The summed E-state index contributed by atoms with van der Waals surface area (Å²) in [6, 6.07) is 15.0. The maximum atomic E-state index is 5.67. The molecule has 0 bridgehead atoms. The molecule has 0 atom stereocenters. The molecule has 0 radical (unpaired) electrons. The van der Waals surface area contributed by atoms with Crippen molar-refractivity contribution in [1.29, 1.82) is 0 Å². The molecule has 0 amide bonds. The molecule has 2 aromatic carbocycles. The van der Waals surface area contributed by atoms with E-state index in [4.69, 9.17) is 14.2 Å². The predicted molar refractivity (Wildman–Crippen MR) is 103 cm³/mol. The number of nitrogens with one attached hydrogen (secondary N) is 2. The highest BCUT2D eigenvalue weighted by molar-refractivity contribution is 5.62. The van der Waals surface area contributed by atoms with Gasteiger partial charge in [-0.3, -0.25) is 0 Å². The van der Waals surface area contributed by atoms with Crippen molar-refractivity contribution < 1.29 is 14.2 Å². The molecular formula is C19H21N5O3. The number of hydrogen-bond acceptors (Lipinski definition) is 8. The number of nitrogens with zero attached hydrogens (tertiary/aromatic N) is 3. The van der Waals surface area contributed by atoms with E-state index in [1.165, 1.54) is 0 Å². The Labute approximate surface area is 157 Å². The third-order valence-electron chi connectivity index (χ3n) is 3.65. The van der Waals surface area contributed by atoms with Gasteiger partial charge in [-0.15, -0.1) is 5.10 Å². The lowest BCUT2D eigenvalue weighted by molar-refractivity contribution is 0.331. The van der Waals surface area contributed by atoms with Crippen LogP contribution in [0.3, 0.4) is 0 Å². The van der Waals surface area contributed by atoms with Gasteiger partial charge in [-0.05, 0) is 36.4 Å². The molecule has 1 heterocycles. The lowest BCUT2D eigenvalue weighted by Gasteiger charge is -2.11. The predicted octanol–water partition coefficient (Wildman–Crippen LogP) is 3.12. The van der Waals surface area contributed by atoms with Gasteiger partial charge >= 0.3 is 0 Å². The van der Waals surface area contributed by atoms with Crippen LogP contribution in [-0.4, -0.2) is 42.6 Å². The topological polar surface area (TPSA) is 90.4 Å². The molecule has 0 fully saturated rings. The molecule has 0 spiro atoms. The zero-order valence-corrected chi connectivity index (χ0v) is 15.2. The third kappa shape index (κ3) is 5.21. The first kappa shape index (κ1) is 18.2. The number of methoxy groups -OCH3 is 2. The summed E-state index contributed by atoms with van der Waals surface area (Å²) in [7, 11) is 3.24. The van der Waals surface area contributed by atoms with Crippen molar-refractivity contribution >= 4 is 17.5 Å². The molecule has 8 heteroatoms. The van der Waals surface area contributed by atoms with Gasteiger partial charge < -0.3 is 24.8 Å². The van der Waals surface area contributed by atoms with Gasteiger partial charge in [0.15, 0.2) is 5.82 Å². The van der Waals surface area contributed by atoms with Gasteiger partial charge in [-0.2, -0.15) is 10.1 Å². The van der Waals surface area contributed by atoms with E-state index in [-0.39, 0.29) is 0 Å². The first-order chi connectivity index (χ1) is 13.3. The molecule has 2 N–H and O–H groups in total. The van der Waals surface area contributed by atoms with Gasteiger partial charge in [0, 0.05) is 0 Å². The largest absolute Gasteiger partial charge is 0.497 e. The summed E-state index contributed by atoms with van der Waals surface area (Å²) >= 11 is 0. The zero-order valence-electron chi connectivity index (χ0n) is 15.2. The normalized spacial score (nSPS) is 10.1. The van der Waals surface area contributed by atoms with E-state index in [2.05, 4.69) is 25.8 Å². The molecule has 0 aliphatic heterocycles. The van der Waals surface area contributed by atoms with Gasteiger partial charge in [0.2, 0.25) is 5.95 Å². The monoisotopic (exact) mass is 367 g/mol. The molecule has 1 aromatic heterocycles. The van der Waals surface area contributed by atoms with Crippen LogP contribution in [0.5, 0.6) is 17.2 Å². The number of ether oxygens (including phenoxy) is 3. The van der Waals surface area contributed by atoms with Crippen LogP contribution in [0.4, 0.5) is 17.5 Å². The first-order valence-corrected chi connectivity index (χ1v) is 8.39.